The molecule has 1 aromatic rings. The summed E-state index contributed by atoms with van der Waals surface area (Å²) in [7, 11) is 1.59. The first-order valence-corrected chi connectivity index (χ1v) is 7.95. The maximum absolute atomic E-state index is 13.0. The molecule has 0 spiro atoms. The van der Waals surface area contributed by atoms with Crippen LogP contribution in [-0.4, -0.2) is 30.5 Å². The van der Waals surface area contributed by atoms with Crippen molar-refractivity contribution in [3.05, 3.63) is 23.8 Å². The van der Waals surface area contributed by atoms with Crippen LogP contribution in [-0.2, 0) is 0 Å². The molecule has 0 unspecified atom stereocenters. The maximum atomic E-state index is 13.0. The number of likely N-dealkylation sites (tertiary alicyclic amines) is 1. The molecule has 3 rings (SSSR count). The first-order valence-electron chi connectivity index (χ1n) is 7.95. The molecule has 4 nitrogen and oxygen atoms in total. The largest absolute Gasteiger partial charge is 0.496 e. The van der Waals surface area contributed by atoms with Gasteiger partial charge >= 0.3 is 0 Å². The number of hydrogen-bond donors (Lipinski definition) is 1. The summed E-state index contributed by atoms with van der Waals surface area (Å²) in [5.41, 5.74) is 7.04. The van der Waals surface area contributed by atoms with E-state index in [9.17, 15) is 4.79 Å². The van der Waals surface area contributed by atoms with Gasteiger partial charge in [-0.05, 0) is 43.7 Å². The van der Waals surface area contributed by atoms with Crippen molar-refractivity contribution in [2.75, 3.05) is 19.4 Å². The molecule has 1 aliphatic carbocycles. The number of nitrogens with zero attached hydrogens (tertiary/aromatic N) is 1. The van der Waals surface area contributed by atoms with E-state index >= 15 is 0 Å². The molecule has 1 aliphatic heterocycles. The van der Waals surface area contributed by atoms with E-state index in [-0.39, 0.29) is 5.91 Å². The minimum atomic E-state index is 0.100. The van der Waals surface area contributed by atoms with E-state index in [2.05, 4.69) is 4.90 Å². The summed E-state index contributed by atoms with van der Waals surface area (Å²) in [5.74, 6) is 1.37. The molecule has 2 fully saturated rings. The second kappa shape index (κ2) is 5.96. The fraction of sp³-hybridized carbons (Fsp3) is 0.588. The number of methoxy groups -OCH3 is 1. The van der Waals surface area contributed by atoms with Gasteiger partial charge in [0.2, 0.25) is 0 Å². The Balaban J connectivity index is 1.87. The third-order valence-electron chi connectivity index (χ3n) is 4.96. The van der Waals surface area contributed by atoms with E-state index in [0.717, 1.165) is 19.4 Å². The monoisotopic (exact) mass is 288 g/mol. The minimum absolute atomic E-state index is 0.100. The summed E-state index contributed by atoms with van der Waals surface area (Å²) in [6, 6.07) is 5.72. The van der Waals surface area contributed by atoms with Crippen molar-refractivity contribution in [3.8, 4) is 5.75 Å². The number of carbonyl (C=O) groups is 1. The number of benzene rings is 1. The smallest absolute Gasteiger partial charge is 0.257 e. The van der Waals surface area contributed by atoms with Gasteiger partial charge in [0.1, 0.15) is 5.75 Å². The fourth-order valence-electron chi connectivity index (χ4n) is 3.92. The summed E-state index contributed by atoms with van der Waals surface area (Å²) in [6.45, 7) is 0.869. The number of nitrogen functional groups attached to an aromatic ring is 1. The molecule has 0 radical (unpaired) electrons. The third-order valence-corrected chi connectivity index (χ3v) is 4.96. The number of ether oxygens (including phenoxy) is 1. The van der Waals surface area contributed by atoms with E-state index in [1.54, 1.807) is 25.3 Å². The lowest BCUT2D eigenvalue weighted by molar-refractivity contribution is 0.0388. The van der Waals surface area contributed by atoms with Gasteiger partial charge in [0.25, 0.3) is 5.91 Å². The summed E-state index contributed by atoms with van der Waals surface area (Å²) >= 11 is 0. The van der Waals surface area contributed by atoms with Crippen LogP contribution in [0.3, 0.4) is 0 Å². The second-order valence-electron chi connectivity index (χ2n) is 6.21. The van der Waals surface area contributed by atoms with Crippen LogP contribution < -0.4 is 10.5 Å². The lowest BCUT2D eigenvalue weighted by Gasteiger charge is -2.44. The van der Waals surface area contributed by atoms with Crippen molar-refractivity contribution in [2.24, 2.45) is 5.92 Å². The van der Waals surface area contributed by atoms with Gasteiger partial charge in [0, 0.05) is 24.3 Å². The number of nitrogens with two attached hydrogens (primary N) is 1. The average molecular weight is 288 g/mol. The van der Waals surface area contributed by atoms with Gasteiger partial charge in [-0.3, -0.25) is 4.79 Å². The topological polar surface area (TPSA) is 55.6 Å². The first kappa shape index (κ1) is 14.2. The Labute approximate surface area is 126 Å². The van der Waals surface area contributed by atoms with Crippen LogP contribution in [0.1, 0.15) is 48.9 Å². The minimum Gasteiger partial charge on any atom is -0.496 e. The highest BCUT2D eigenvalue weighted by Crippen LogP contribution is 2.36. The van der Waals surface area contributed by atoms with Crippen molar-refractivity contribution in [2.45, 2.75) is 44.6 Å². The van der Waals surface area contributed by atoms with E-state index in [0.29, 0.717) is 29.0 Å². The molecular formula is C17H24N2O2. The van der Waals surface area contributed by atoms with Crippen molar-refractivity contribution in [1.29, 1.82) is 0 Å². The van der Waals surface area contributed by atoms with Gasteiger partial charge in [0.15, 0.2) is 0 Å². The Morgan fingerprint density at radius 2 is 2.00 bits per heavy atom. The molecule has 114 valence electrons. The predicted octanol–water partition coefficient (Wildman–Crippen LogP) is 3.07. The van der Waals surface area contributed by atoms with Gasteiger partial charge in [-0.25, -0.2) is 0 Å². The molecule has 1 amide bonds. The molecule has 0 bridgehead atoms. The highest BCUT2D eigenvalue weighted by molar-refractivity contribution is 5.97. The van der Waals surface area contributed by atoms with Crippen LogP contribution in [0.5, 0.6) is 5.75 Å². The quantitative estimate of drug-likeness (QED) is 0.851. The number of amides is 1. The SMILES string of the molecule is COc1cc(N)ccc1C(=O)N1CCC[C@H]2CCCC[C@H]21. The van der Waals surface area contributed by atoms with Gasteiger partial charge in [-0.15, -0.1) is 0 Å². The van der Waals surface area contributed by atoms with Crippen molar-refractivity contribution in [1.82, 2.24) is 4.90 Å². The Bertz CT molecular complexity index is 528. The zero-order valence-corrected chi connectivity index (χ0v) is 12.7. The van der Waals surface area contributed by atoms with E-state index in [1.165, 1.54) is 25.7 Å². The van der Waals surface area contributed by atoms with Crippen LogP contribution in [0.25, 0.3) is 0 Å². The number of hydrogen-bond acceptors (Lipinski definition) is 3. The first-order chi connectivity index (χ1) is 10.2. The van der Waals surface area contributed by atoms with Crippen molar-refractivity contribution >= 4 is 11.6 Å². The zero-order valence-electron chi connectivity index (χ0n) is 12.7. The summed E-state index contributed by atoms with van der Waals surface area (Å²) < 4.78 is 5.35. The Morgan fingerprint density at radius 3 is 2.81 bits per heavy atom. The number of carbonyl (C=O) groups excluding carboxylic acids is 1. The summed E-state index contributed by atoms with van der Waals surface area (Å²) in [5, 5.41) is 0. The lowest BCUT2D eigenvalue weighted by atomic mass is 9.78. The van der Waals surface area contributed by atoms with Gasteiger partial charge < -0.3 is 15.4 Å². The molecule has 1 aromatic carbocycles. The second-order valence-corrected chi connectivity index (χ2v) is 6.21. The van der Waals surface area contributed by atoms with Crippen LogP contribution in [0.4, 0.5) is 5.69 Å². The Kier molecular flexibility index (Phi) is 4.04. The summed E-state index contributed by atoms with van der Waals surface area (Å²) in [6.07, 6.45) is 7.36. The molecule has 2 atom stereocenters. The normalized spacial score (nSPS) is 25.3. The highest BCUT2D eigenvalue weighted by atomic mass is 16.5. The molecule has 4 heteroatoms. The van der Waals surface area contributed by atoms with Crippen LogP contribution in [0.2, 0.25) is 0 Å². The molecule has 1 saturated carbocycles. The molecule has 21 heavy (non-hydrogen) atoms. The molecule has 1 saturated heterocycles. The van der Waals surface area contributed by atoms with Gasteiger partial charge in [-0.2, -0.15) is 0 Å². The van der Waals surface area contributed by atoms with Gasteiger partial charge in [-0.1, -0.05) is 12.8 Å². The highest BCUT2D eigenvalue weighted by Gasteiger charge is 2.36. The number of fused-ring (bicyclic) bond motifs is 1. The maximum Gasteiger partial charge on any atom is 0.257 e. The number of anilines is 1. The van der Waals surface area contributed by atoms with Crippen LogP contribution in [0.15, 0.2) is 18.2 Å². The molecular weight excluding hydrogens is 264 g/mol. The fourth-order valence-corrected chi connectivity index (χ4v) is 3.92. The van der Waals surface area contributed by atoms with Crippen molar-refractivity contribution in [3.63, 3.8) is 0 Å². The average Bonchev–Trinajstić information content (AvgIpc) is 2.53. The Morgan fingerprint density at radius 1 is 1.24 bits per heavy atom. The lowest BCUT2D eigenvalue weighted by Crippen LogP contribution is -2.49. The molecule has 2 N–H and O–H groups in total. The van der Waals surface area contributed by atoms with Crippen LogP contribution >= 0.6 is 0 Å². The van der Waals surface area contributed by atoms with Crippen molar-refractivity contribution < 1.29 is 9.53 Å². The van der Waals surface area contributed by atoms with E-state index < -0.39 is 0 Å². The van der Waals surface area contributed by atoms with Gasteiger partial charge in [0.05, 0.1) is 12.7 Å². The predicted molar refractivity (Wildman–Crippen MR) is 83.4 cm³/mol. The van der Waals surface area contributed by atoms with Crippen LogP contribution in [0, 0.1) is 5.92 Å². The standard InChI is InChI=1S/C17H24N2O2/c1-21-16-11-13(18)8-9-14(16)17(20)19-10-4-6-12-5-2-3-7-15(12)19/h8-9,11-12,15H,2-7,10,18H2,1H3/t12-,15-/m1/s1. The molecule has 1 heterocycles. The summed E-state index contributed by atoms with van der Waals surface area (Å²) in [4.78, 5) is 15.0. The van der Waals surface area contributed by atoms with E-state index in [4.69, 9.17) is 10.5 Å². The third kappa shape index (κ3) is 2.71. The Hall–Kier alpha value is -1.71. The molecule has 2 aliphatic rings. The van der Waals surface area contributed by atoms with E-state index in [1.807, 2.05) is 0 Å². The number of piperidine rings is 1. The number of rotatable bonds is 2. The molecule has 0 aromatic heterocycles. The zero-order chi connectivity index (χ0) is 14.8.